The summed E-state index contributed by atoms with van der Waals surface area (Å²) in [7, 11) is 3.25. The Hall–Kier alpha value is -0.160. The van der Waals surface area contributed by atoms with Gasteiger partial charge in [-0.1, -0.05) is 0 Å². The summed E-state index contributed by atoms with van der Waals surface area (Å²) in [6, 6.07) is 0. The molecule has 0 heterocycles. The molecule has 1 atom stereocenters. The van der Waals surface area contributed by atoms with E-state index >= 15 is 0 Å². The van der Waals surface area contributed by atoms with Crippen molar-refractivity contribution >= 4 is 0 Å². The summed E-state index contributed by atoms with van der Waals surface area (Å²) in [5, 5.41) is 3.20. The topological polar surface area (TPSA) is 39.7 Å². The first-order chi connectivity index (χ1) is 6.24. The molecule has 0 saturated carbocycles. The Labute approximate surface area is 80.5 Å². The second-order valence-electron chi connectivity index (χ2n) is 2.83. The zero-order valence-electron chi connectivity index (χ0n) is 9.00. The lowest BCUT2D eigenvalue weighted by Gasteiger charge is -2.16. The van der Waals surface area contributed by atoms with Crippen molar-refractivity contribution < 1.29 is 14.2 Å². The van der Waals surface area contributed by atoms with E-state index in [4.69, 9.17) is 14.2 Å². The van der Waals surface area contributed by atoms with Crippen molar-refractivity contribution in [2.45, 2.75) is 26.2 Å². The van der Waals surface area contributed by atoms with E-state index in [-0.39, 0.29) is 12.4 Å². The summed E-state index contributed by atoms with van der Waals surface area (Å²) < 4.78 is 15.4. The highest BCUT2D eigenvalue weighted by Crippen LogP contribution is 1.90. The van der Waals surface area contributed by atoms with Gasteiger partial charge in [0.15, 0.2) is 6.29 Å². The van der Waals surface area contributed by atoms with Gasteiger partial charge in [0, 0.05) is 33.9 Å². The molecule has 1 N–H and O–H groups in total. The standard InChI is InChI=1S/C9H21NO3/c1-5-13-8(2)6-10-7-9(11-3)12-4/h8-10H,5-7H2,1-4H3. The second-order valence-corrected chi connectivity index (χ2v) is 2.83. The molecule has 0 aromatic heterocycles. The van der Waals surface area contributed by atoms with E-state index < -0.39 is 0 Å². The van der Waals surface area contributed by atoms with Crippen LogP contribution in [0.25, 0.3) is 0 Å². The first kappa shape index (κ1) is 12.8. The monoisotopic (exact) mass is 191 g/mol. The number of nitrogens with one attached hydrogen (secondary N) is 1. The Kier molecular flexibility index (Phi) is 8.33. The van der Waals surface area contributed by atoms with E-state index in [0.29, 0.717) is 6.54 Å². The van der Waals surface area contributed by atoms with Gasteiger partial charge in [0.25, 0.3) is 0 Å². The van der Waals surface area contributed by atoms with Crippen molar-refractivity contribution in [2.75, 3.05) is 33.9 Å². The summed E-state index contributed by atoms with van der Waals surface area (Å²) >= 11 is 0. The third-order valence-corrected chi connectivity index (χ3v) is 1.72. The van der Waals surface area contributed by atoms with Gasteiger partial charge in [0.1, 0.15) is 0 Å². The molecule has 80 valence electrons. The van der Waals surface area contributed by atoms with Crippen LogP contribution in [-0.2, 0) is 14.2 Å². The lowest BCUT2D eigenvalue weighted by atomic mass is 10.4. The first-order valence-electron chi connectivity index (χ1n) is 4.62. The van der Waals surface area contributed by atoms with Crippen molar-refractivity contribution in [1.82, 2.24) is 5.32 Å². The molecular formula is C9H21NO3. The average molecular weight is 191 g/mol. The van der Waals surface area contributed by atoms with Crippen molar-refractivity contribution in [3.05, 3.63) is 0 Å². The molecule has 0 rings (SSSR count). The second kappa shape index (κ2) is 8.44. The number of rotatable bonds is 8. The molecule has 0 spiro atoms. The minimum atomic E-state index is -0.172. The predicted molar refractivity (Wildman–Crippen MR) is 51.8 cm³/mol. The lowest BCUT2D eigenvalue weighted by Crippen LogP contribution is -2.34. The van der Waals surface area contributed by atoms with Gasteiger partial charge in [-0.05, 0) is 13.8 Å². The molecule has 0 radical (unpaired) electrons. The maximum atomic E-state index is 5.35. The molecule has 0 saturated heterocycles. The summed E-state index contributed by atoms with van der Waals surface area (Å²) in [5.41, 5.74) is 0. The SMILES string of the molecule is CCOC(C)CNCC(OC)OC. The van der Waals surface area contributed by atoms with Crippen molar-refractivity contribution in [2.24, 2.45) is 0 Å². The molecule has 4 heteroatoms. The van der Waals surface area contributed by atoms with Gasteiger partial charge >= 0.3 is 0 Å². The van der Waals surface area contributed by atoms with Crippen molar-refractivity contribution in [3.8, 4) is 0 Å². The van der Waals surface area contributed by atoms with Crippen LogP contribution in [0.4, 0.5) is 0 Å². The molecule has 0 aromatic rings. The molecule has 4 nitrogen and oxygen atoms in total. The third-order valence-electron chi connectivity index (χ3n) is 1.72. The van der Waals surface area contributed by atoms with Gasteiger partial charge in [0.2, 0.25) is 0 Å². The minimum absolute atomic E-state index is 0.172. The molecule has 0 fully saturated rings. The highest BCUT2D eigenvalue weighted by Gasteiger charge is 2.05. The summed E-state index contributed by atoms with van der Waals surface area (Å²) in [6.07, 6.45) is 0.0631. The van der Waals surface area contributed by atoms with Gasteiger partial charge in [-0.25, -0.2) is 0 Å². The maximum Gasteiger partial charge on any atom is 0.169 e. The van der Waals surface area contributed by atoms with Crippen molar-refractivity contribution in [1.29, 1.82) is 0 Å². The third kappa shape index (κ3) is 6.95. The lowest BCUT2D eigenvalue weighted by molar-refractivity contribution is -0.0996. The fourth-order valence-electron chi connectivity index (χ4n) is 1.01. The van der Waals surface area contributed by atoms with Crippen LogP contribution in [0.1, 0.15) is 13.8 Å². The van der Waals surface area contributed by atoms with Gasteiger partial charge in [-0.2, -0.15) is 0 Å². The Morgan fingerprint density at radius 3 is 2.23 bits per heavy atom. The molecule has 0 bridgehead atoms. The van der Waals surface area contributed by atoms with Crippen LogP contribution in [0.15, 0.2) is 0 Å². The fraction of sp³-hybridized carbons (Fsp3) is 1.00. The van der Waals surface area contributed by atoms with Crippen LogP contribution < -0.4 is 5.32 Å². The quantitative estimate of drug-likeness (QED) is 0.571. The smallest absolute Gasteiger partial charge is 0.169 e. The fourth-order valence-corrected chi connectivity index (χ4v) is 1.01. The van der Waals surface area contributed by atoms with Gasteiger partial charge in [0.05, 0.1) is 6.10 Å². The van der Waals surface area contributed by atoms with E-state index in [0.717, 1.165) is 13.2 Å². The molecule has 0 aliphatic heterocycles. The highest BCUT2D eigenvalue weighted by molar-refractivity contribution is 4.56. The van der Waals surface area contributed by atoms with Gasteiger partial charge in [-0.3, -0.25) is 0 Å². The maximum absolute atomic E-state index is 5.35. The van der Waals surface area contributed by atoms with E-state index in [1.807, 2.05) is 13.8 Å². The van der Waals surface area contributed by atoms with E-state index in [1.165, 1.54) is 0 Å². The van der Waals surface area contributed by atoms with Crippen LogP contribution in [-0.4, -0.2) is 46.3 Å². The Balaban J connectivity index is 3.32. The van der Waals surface area contributed by atoms with E-state index in [9.17, 15) is 0 Å². The van der Waals surface area contributed by atoms with Gasteiger partial charge in [-0.15, -0.1) is 0 Å². The summed E-state index contributed by atoms with van der Waals surface area (Å²) in [6.45, 7) is 6.27. The molecule has 0 amide bonds. The molecule has 0 aromatic carbocycles. The van der Waals surface area contributed by atoms with Crippen LogP contribution in [0.5, 0.6) is 0 Å². The minimum Gasteiger partial charge on any atom is -0.377 e. The summed E-state index contributed by atoms with van der Waals surface area (Å²) in [5.74, 6) is 0. The largest absolute Gasteiger partial charge is 0.377 e. The Morgan fingerprint density at radius 1 is 1.15 bits per heavy atom. The molecule has 0 aliphatic carbocycles. The molecular weight excluding hydrogens is 170 g/mol. The van der Waals surface area contributed by atoms with Crippen LogP contribution in [0, 0.1) is 0 Å². The van der Waals surface area contributed by atoms with Crippen LogP contribution in [0.3, 0.4) is 0 Å². The number of hydrogen-bond donors (Lipinski definition) is 1. The number of ether oxygens (including phenoxy) is 3. The molecule has 1 unspecified atom stereocenters. The molecule has 13 heavy (non-hydrogen) atoms. The number of hydrogen-bond acceptors (Lipinski definition) is 4. The Morgan fingerprint density at radius 2 is 1.77 bits per heavy atom. The Bertz CT molecular complexity index is 107. The average Bonchev–Trinajstić information content (AvgIpc) is 2.13. The zero-order chi connectivity index (χ0) is 10.1. The van der Waals surface area contributed by atoms with E-state index in [1.54, 1.807) is 14.2 Å². The summed E-state index contributed by atoms with van der Waals surface area (Å²) in [4.78, 5) is 0. The van der Waals surface area contributed by atoms with Gasteiger partial charge < -0.3 is 19.5 Å². The van der Waals surface area contributed by atoms with Crippen LogP contribution >= 0.6 is 0 Å². The molecule has 0 aliphatic rings. The zero-order valence-corrected chi connectivity index (χ0v) is 9.00. The highest BCUT2D eigenvalue weighted by atomic mass is 16.7. The normalized spacial score (nSPS) is 13.6. The number of methoxy groups -OCH3 is 2. The first-order valence-corrected chi connectivity index (χ1v) is 4.62. The van der Waals surface area contributed by atoms with Crippen LogP contribution in [0.2, 0.25) is 0 Å². The predicted octanol–water partition coefficient (Wildman–Crippen LogP) is 0.620. The van der Waals surface area contributed by atoms with E-state index in [2.05, 4.69) is 5.32 Å². The van der Waals surface area contributed by atoms with Crippen molar-refractivity contribution in [3.63, 3.8) is 0 Å².